The van der Waals surface area contributed by atoms with E-state index in [1.54, 1.807) is 0 Å². The number of aromatic hydroxyl groups is 1. The lowest BCUT2D eigenvalue weighted by atomic mass is 10.0. The van der Waals surface area contributed by atoms with Crippen molar-refractivity contribution in [3.8, 4) is 17.0 Å². The van der Waals surface area contributed by atoms with Crippen LogP contribution in [0.25, 0.3) is 11.3 Å². The van der Waals surface area contributed by atoms with Gasteiger partial charge in [-0.1, -0.05) is 16.8 Å². The predicted molar refractivity (Wildman–Crippen MR) is 60.6 cm³/mol. The minimum Gasteiger partial charge on any atom is -0.506 e. The Bertz CT molecular complexity index is 681. The van der Waals surface area contributed by atoms with Crippen LogP contribution in [0.3, 0.4) is 0 Å². The van der Waals surface area contributed by atoms with Gasteiger partial charge in [-0.05, 0) is 12.1 Å². The second-order valence-electron chi connectivity index (χ2n) is 3.73. The second-order valence-corrected chi connectivity index (χ2v) is 4.14. The van der Waals surface area contributed by atoms with Gasteiger partial charge in [0, 0.05) is 11.6 Å². The number of hydrogen-bond acceptors (Lipinski definition) is 4. The van der Waals surface area contributed by atoms with Crippen LogP contribution >= 0.6 is 11.6 Å². The van der Waals surface area contributed by atoms with Crippen LogP contribution in [0.4, 0.5) is 13.2 Å². The maximum absolute atomic E-state index is 12.9. The molecular formula is C11H5ClF3NO4. The Hall–Kier alpha value is -2.22. The molecule has 0 amide bonds. The second kappa shape index (κ2) is 4.71. The lowest BCUT2D eigenvalue weighted by Crippen LogP contribution is -2.07. The monoisotopic (exact) mass is 307 g/mol. The van der Waals surface area contributed by atoms with Crippen molar-refractivity contribution >= 4 is 17.6 Å². The summed E-state index contributed by atoms with van der Waals surface area (Å²) in [7, 11) is 0. The molecule has 5 nitrogen and oxygen atoms in total. The van der Waals surface area contributed by atoms with Crippen molar-refractivity contribution in [3.05, 3.63) is 34.5 Å². The van der Waals surface area contributed by atoms with E-state index in [0.717, 1.165) is 12.1 Å². The van der Waals surface area contributed by atoms with Gasteiger partial charge in [0.1, 0.15) is 11.4 Å². The van der Waals surface area contributed by atoms with Crippen molar-refractivity contribution in [2.75, 3.05) is 0 Å². The van der Waals surface area contributed by atoms with Gasteiger partial charge in [0.25, 0.3) is 0 Å². The topological polar surface area (TPSA) is 83.6 Å². The first kappa shape index (κ1) is 14.2. The fraction of sp³-hybridized carbons (Fsp3) is 0.0909. The van der Waals surface area contributed by atoms with Gasteiger partial charge in [-0.15, -0.1) is 0 Å². The molecule has 0 fully saturated rings. The van der Waals surface area contributed by atoms with Crippen molar-refractivity contribution < 1.29 is 32.7 Å². The first-order valence-electron chi connectivity index (χ1n) is 5.00. The molecule has 9 heteroatoms. The van der Waals surface area contributed by atoms with Gasteiger partial charge in [-0.3, -0.25) is 0 Å². The quantitative estimate of drug-likeness (QED) is 0.888. The first-order chi connectivity index (χ1) is 9.20. The molecule has 0 atom stereocenters. The Balaban J connectivity index is 2.65. The third kappa shape index (κ3) is 2.55. The van der Waals surface area contributed by atoms with Crippen molar-refractivity contribution in [3.63, 3.8) is 0 Å². The van der Waals surface area contributed by atoms with Crippen molar-refractivity contribution in [1.82, 2.24) is 5.16 Å². The molecule has 0 aliphatic carbocycles. The Kier molecular flexibility index (Phi) is 3.34. The Labute approximate surface area is 114 Å². The van der Waals surface area contributed by atoms with Crippen LogP contribution < -0.4 is 0 Å². The molecule has 0 aliphatic rings. The Morgan fingerprint density at radius 1 is 1.30 bits per heavy atom. The number of carboxylic acids is 1. The summed E-state index contributed by atoms with van der Waals surface area (Å²) in [5.74, 6) is -2.83. The van der Waals surface area contributed by atoms with Gasteiger partial charge >= 0.3 is 12.1 Å². The van der Waals surface area contributed by atoms with E-state index in [4.69, 9.17) is 16.7 Å². The van der Waals surface area contributed by atoms with Gasteiger partial charge in [-0.25, -0.2) is 4.79 Å². The number of benzene rings is 1. The van der Waals surface area contributed by atoms with E-state index in [1.807, 2.05) is 0 Å². The SMILES string of the molecule is O=C(O)c1cc(-c2cc(Cl)c(O)cc2C(F)(F)F)no1. The number of aromatic nitrogens is 1. The van der Waals surface area contributed by atoms with E-state index in [1.165, 1.54) is 0 Å². The Morgan fingerprint density at radius 2 is 1.95 bits per heavy atom. The van der Waals surface area contributed by atoms with Crippen LogP contribution in [0.15, 0.2) is 22.7 Å². The molecule has 0 bridgehead atoms. The summed E-state index contributed by atoms with van der Waals surface area (Å²) in [6, 6.07) is 2.11. The average Bonchev–Trinajstić information content (AvgIpc) is 2.80. The average molecular weight is 308 g/mol. The molecular weight excluding hydrogens is 303 g/mol. The highest BCUT2D eigenvalue weighted by Gasteiger charge is 2.35. The zero-order chi connectivity index (χ0) is 15.1. The van der Waals surface area contributed by atoms with E-state index < -0.39 is 34.8 Å². The molecule has 0 unspecified atom stereocenters. The minimum atomic E-state index is -4.78. The summed E-state index contributed by atoms with van der Waals surface area (Å²) in [5, 5.41) is 20.8. The zero-order valence-corrected chi connectivity index (χ0v) is 10.2. The molecule has 0 spiro atoms. The summed E-state index contributed by atoms with van der Waals surface area (Å²) in [4.78, 5) is 10.6. The number of phenols is 1. The van der Waals surface area contributed by atoms with Crippen LogP contribution in [-0.2, 0) is 6.18 Å². The van der Waals surface area contributed by atoms with Gasteiger partial charge in [0.2, 0.25) is 5.76 Å². The van der Waals surface area contributed by atoms with E-state index in [0.29, 0.717) is 6.07 Å². The fourth-order valence-electron chi connectivity index (χ4n) is 1.51. The van der Waals surface area contributed by atoms with E-state index in [-0.39, 0.29) is 10.7 Å². The van der Waals surface area contributed by atoms with Crippen LogP contribution in [0.1, 0.15) is 16.1 Å². The van der Waals surface area contributed by atoms with Gasteiger partial charge in [0.15, 0.2) is 0 Å². The molecule has 2 N–H and O–H groups in total. The summed E-state index contributed by atoms with van der Waals surface area (Å²) in [6.45, 7) is 0. The van der Waals surface area contributed by atoms with Crippen LogP contribution in [0.2, 0.25) is 5.02 Å². The predicted octanol–water partition coefficient (Wildman–Crippen LogP) is 3.42. The molecule has 1 heterocycles. The maximum Gasteiger partial charge on any atom is 0.417 e. The third-order valence-corrected chi connectivity index (χ3v) is 2.69. The standard InChI is InChI=1S/C11H5ClF3NO4/c12-6-1-4(5(2-8(6)17)11(13,14)15)7-3-9(10(18)19)20-16-7/h1-3,17H,(H,18,19). The number of rotatable bonds is 2. The van der Waals surface area contributed by atoms with Crippen LogP contribution in [0.5, 0.6) is 5.75 Å². The molecule has 2 rings (SSSR count). The summed E-state index contributed by atoms with van der Waals surface area (Å²) in [5.41, 5.74) is -2.04. The number of nitrogens with zero attached hydrogens (tertiary/aromatic N) is 1. The zero-order valence-electron chi connectivity index (χ0n) is 9.40. The molecule has 106 valence electrons. The molecule has 1 aromatic carbocycles. The summed E-state index contributed by atoms with van der Waals surface area (Å²) >= 11 is 5.56. The highest BCUT2D eigenvalue weighted by Crippen LogP contribution is 2.41. The molecule has 0 radical (unpaired) electrons. The van der Waals surface area contributed by atoms with Gasteiger partial charge in [-0.2, -0.15) is 13.2 Å². The molecule has 0 saturated carbocycles. The summed E-state index contributed by atoms with van der Waals surface area (Å²) < 4.78 is 43.0. The summed E-state index contributed by atoms with van der Waals surface area (Å²) in [6.07, 6.45) is -4.78. The van der Waals surface area contributed by atoms with Crippen LogP contribution in [-0.4, -0.2) is 21.3 Å². The third-order valence-electron chi connectivity index (χ3n) is 2.39. The normalized spacial score (nSPS) is 11.6. The molecule has 0 aliphatic heterocycles. The number of phenolic OH excluding ortho intramolecular Hbond substituents is 1. The van der Waals surface area contributed by atoms with Crippen LogP contribution in [0, 0.1) is 0 Å². The molecule has 20 heavy (non-hydrogen) atoms. The Morgan fingerprint density at radius 3 is 2.45 bits per heavy atom. The fourth-order valence-corrected chi connectivity index (χ4v) is 1.67. The molecule has 2 aromatic rings. The van der Waals surface area contributed by atoms with E-state index in [9.17, 15) is 23.1 Å². The van der Waals surface area contributed by atoms with Gasteiger partial charge < -0.3 is 14.7 Å². The minimum absolute atomic E-state index is 0.326. The van der Waals surface area contributed by atoms with Crippen molar-refractivity contribution in [2.24, 2.45) is 0 Å². The lowest BCUT2D eigenvalue weighted by molar-refractivity contribution is -0.137. The highest BCUT2D eigenvalue weighted by molar-refractivity contribution is 6.32. The highest BCUT2D eigenvalue weighted by atomic mass is 35.5. The number of alkyl halides is 3. The molecule has 0 saturated heterocycles. The van der Waals surface area contributed by atoms with Crippen molar-refractivity contribution in [1.29, 1.82) is 0 Å². The first-order valence-corrected chi connectivity index (χ1v) is 5.38. The lowest BCUT2D eigenvalue weighted by Gasteiger charge is -2.12. The number of aromatic carboxylic acids is 1. The molecule has 1 aromatic heterocycles. The maximum atomic E-state index is 12.9. The van der Waals surface area contributed by atoms with Gasteiger partial charge in [0.05, 0.1) is 10.6 Å². The number of carboxylic acid groups (broad SMARTS) is 1. The smallest absolute Gasteiger partial charge is 0.417 e. The number of hydrogen-bond donors (Lipinski definition) is 2. The van der Waals surface area contributed by atoms with E-state index >= 15 is 0 Å². The number of carbonyl (C=O) groups is 1. The largest absolute Gasteiger partial charge is 0.506 e. The number of halogens is 4. The van der Waals surface area contributed by atoms with E-state index in [2.05, 4.69) is 9.68 Å². The van der Waals surface area contributed by atoms with Crippen molar-refractivity contribution in [2.45, 2.75) is 6.18 Å².